The number of hydrogen-bond acceptors (Lipinski definition) is 3. The zero-order valence-corrected chi connectivity index (χ0v) is 19.5. The van der Waals surface area contributed by atoms with Gasteiger partial charge in [-0.1, -0.05) is 29.8 Å². The Morgan fingerprint density at radius 1 is 1.24 bits per heavy atom. The molecule has 0 radical (unpaired) electrons. The van der Waals surface area contributed by atoms with Gasteiger partial charge < -0.3 is 19.7 Å². The Kier molecular flexibility index (Phi) is 9.16. The molecule has 0 atom stereocenters. The van der Waals surface area contributed by atoms with E-state index in [1.807, 2.05) is 14.0 Å². The van der Waals surface area contributed by atoms with Gasteiger partial charge in [0, 0.05) is 32.2 Å². The summed E-state index contributed by atoms with van der Waals surface area (Å²) in [4.78, 5) is 6.82. The largest absolute Gasteiger partial charge is 0.467 e. The Hall–Kier alpha value is -1.87. The summed E-state index contributed by atoms with van der Waals surface area (Å²) in [5.74, 6) is 1.30. The highest BCUT2D eigenvalue weighted by molar-refractivity contribution is 14.0. The van der Waals surface area contributed by atoms with Gasteiger partial charge in [0.05, 0.1) is 6.61 Å². The van der Waals surface area contributed by atoms with Crippen LogP contribution in [-0.4, -0.2) is 37.8 Å². The molecule has 1 heterocycles. The highest BCUT2D eigenvalue weighted by atomic mass is 127. The van der Waals surface area contributed by atoms with Crippen LogP contribution >= 0.6 is 24.0 Å². The molecule has 5 nitrogen and oxygen atoms in total. The number of aryl methyl sites for hydroxylation is 1. The van der Waals surface area contributed by atoms with Gasteiger partial charge in [0.25, 0.3) is 0 Å². The summed E-state index contributed by atoms with van der Waals surface area (Å²) in [6.07, 6.45) is 0.605. The van der Waals surface area contributed by atoms with Crippen LogP contribution in [0.15, 0.2) is 41.4 Å². The molecule has 0 fully saturated rings. The Morgan fingerprint density at radius 3 is 2.72 bits per heavy atom. The van der Waals surface area contributed by atoms with Crippen molar-refractivity contribution in [3.63, 3.8) is 0 Å². The summed E-state index contributed by atoms with van der Waals surface area (Å²) in [5, 5.41) is 3.32. The number of nitrogens with one attached hydrogen (secondary N) is 1. The topological polar surface area (TPSA) is 46.1 Å². The van der Waals surface area contributed by atoms with E-state index in [1.165, 1.54) is 23.3 Å². The number of nitrogens with zero attached hydrogens (tertiary/aromatic N) is 2. The lowest BCUT2D eigenvalue weighted by Crippen LogP contribution is -2.38. The predicted octanol–water partition coefficient (Wildman–Crippen LogP) is 4.26. The predicted molar refractivity (Wildman–Crippen MR) is 124 cm³/mol. The molecule has 0 unspecified atom stereocenters. The summed E-state index contributed by atoms with van der Waals surface area (Å²) >= 11 is 0. The lowest BCUT2D eigenvalue weighted by Gasteiger charge is -2.23. The molecular weight excluding hydrogens is 484 g/mol. The maximum absolute atomic E-state index is 13.9. The second-order valence-corrected chi connectivity index (χ2v) is 6.99. The summed E-state index contributed by atoms with van der Waals surface area (Å²) in [6.45, 7) is 6.81. The summed E-state index contributed by atoms with van der Waals surface area (Å²) < 4.78 is 24.7. The van der Waals surface area contributed by atoms with E-state index in [1.54, 1.807) is 0 Å². The van der Waals surface area contributed by atoms with Crippen LogP contribution < -0.4 is 10.1 Å². The molecule has 0 amide bonds. The lowest BCUT2D eigenvalue weighted by atomic mass is 10.1. The number of fused-ring (bicyclic) bond motifs is 1. The first-order chi connectivity index (χ1) is 13.6. The van der Waals surface area contributed by atoms with Crippen LogP contribution in [0.5, 0.6) is 5.75 Å². The molecule has 0 saturated heterocycles. The first kappa shape index (κ1) is 23.4. The molecule has 2 aromatic rings. The van der Waals surface area contributed by atoms with E-state index in [9.17, 15) is 4.39 Å². The fourth-order valence-electron chi connectivity index (χ4n) is 3.24. The van der Waals surface area contributed by atoms with Crippen molar-refractivity contribution in [3.05, 3.63) is 64.5 Å². The Bertz CT molecular complexity index is 828. The average molecular weight is 513 g/mol. The normalized spacial score (nSPS) is 13.2. The molecule has 0 saturated carbocycles. The summed E-state index contributed by atoms with van der Waals surface area (Å²) in [6, 6.07) is 11.5. The Morgan fingerprint density at radius 2 is 2.00 bits per heavy atom. The summed E-state index contributed by atoms with van der Waals surface area (Å²) in [5.41, 5.74) is 4.07. The van der Waals surface area contributed by atoms with E-state index < -0.39 is 0 Å². The second kappa shape index (κ2) is 11.3. The number of guanidine groups is 1. The summed E-state index contributed by atoms with van der Waals surface area (Å²) in [7, 11) is 2.02. The van der Waals surface area contributed by atoms with Crippen molar-refractivity contribution in [1.29, 1.82) is 0 Å². The zero-order valence-electron chi connectivity index (χ0n) is 17.2. The fourth-order valence-corrected chi connectivity index (χ4v) is 3.24. The van der Waals surface area contributed by atoms with Gasteiger partial charge >= 0.3 is 0 Å². The molecule has 2 aromatic carbocycles. The molecule has 29 heavy (non-hydrogen) atoms. The Labute approximate surface area is 189 Å². The van der Waals surface area contributed by atoms with Crippen molar-refractivity contribution >= 4 is 29.9 Å². The third-order valence-corrected chi connectivity index (χ3v) is 4.63. The second-order valence-electron chi connectivity index (χ2n) is 6.99. The van der Waals surface area contributed by atoms with Gasteiger partial charge in [-0.25, -0.2) is 4.39 Å². The standard InChI is InChI=1S/C22H28FN3O2.HI/c1-4-24-22(26(3)13-17-7-5-16(2)6-8-17)25-10-9-18-11-20(23)12-19-14-27-15-28-21(18)19;/h5-8,11-12H,4,9-10,13-15H2,1-3H3,(H,24,25);1H. The van der Waals surface area contributed by atoms with Gasteiger partial charge in [0.1, 0.15) is 11.6 Å². The van der Waals surface area contributed by atoms with Crippen molar-refractivity contribution in [1.82, 2.24) is 10.2 Å². The molecule has 1 N–H and O–H groups in total. The monoisotopic (exact) mass is 513 g/mol. The molecule has 1 aliphatic heterocycles. The highest BCUT2D eigenvalue weighted by Crippen LogP contribution is 2.29. The van der Waals surface area contributed by atoms with Crippen LogP contribution in [0.3, 0.4) is 0 Å². The molecule has 1 aliphatic rings. The van der Waals surface area contributed by atoms with Gasteiger partial charge in [0.2, 0.25) is 0 Å². The SMILES string of the molecule is CCNC(=NCCc1cc(F)cc2c1OCOC2)N(C)Cc1ccc(C)cc1.I. The van der Waals surface area contributed by atoms with Gasteiger partial charge in [-0.2, -0.15) is 0 Å². The van der Waals surface area contributed by atoms with E-state index in [4.69, 9.17) is 14.5 Å². The van der Waals surface area contributed by atoms with Gasteiger partial charge in [-0.05, 0) is 43.5 Å². The molecule has 0 aliphatic carbocycles. The van der Waals surface area contributed by atoms with Crippen LogP contribution in [0.1, 0.15) is 29.2 Å². The number of aliphatic imine (C=N–C) groups is 1. The van der Waals surface area contributed by atoms with E-state index >= 15 is 0 Å². The molecule has 158 valence electrons. The van der Waals surface area contributed by atoms with Gasteiger partial charge in [-0.15, -0.1) is 24.0 Å². The van der Waals surface area contributed by atoms with Crippen LogP contribution in [0, 0.1) is 12.7 Å². The van der Waals surface area contributed by atoms with E-state index in [-0.39, 0.29) is 36.6 Å². The smallest absolute Gasteiger partial charge is 0.193 e. The number of ether oxygens (including phenoxy) is 2. The fraction of sp³-hybridized carbons (Fsp3) is 0.409. The molecule has 3 rings (SSSR count). The number of benzene rings is 2. The maximum Gasteiger partial charge on any atom is 0.193 e. The minimum absolute atomic E-state index is 0. The number of rotatable bonds is 6. The minimum atomic E-state index is -0.268. The third kappa shape index (κ3) is 6.57. The van der Waals surface area contributed by atoms with Crippen molar-refractivity contribution in [2.75, 3.05) is 26.9 Å². The van der Waals surface area contributed by atoms with Gasteiger partial charge in [0.15, 0.2) is 12.8 Å². The minimum Gasteiger partial charge on any atom is -0.467 e. The quantitative estimate of drug-likeness (QED) is 0.357. The first-order valence-electron chi connectivity index (χ1n) is 9.63. The highest BCUT2D eigenvalue weighted by Gasteiger charge is 2.17. The molecule has 0 bridgehead atoms. The lowest BCUT2D eigenvalue weighted by molar-refractivity contribution is -0.0172. The van der Waals surface area contributed by atoms with Crippen molar-refractivity contribution in [3.8, 4) is 5.75 Å². The zero-order chi connectivity index (χ0) is 19.9. The van der Waals surface area contributed by atoms with E-state index in [0.717, 1.165) is 35.9 Å². The van der Waals surface area contributed by atoms with E-state index in [2.05, 4.69) is 41.4 Å². The Balaban J connectivity index is 0.00000300. The van der Waals surface area contributed by atoms with Crippen molar-refractivity contribution in [2.45, 2.75) is 33.4 Å². The van der Waals surface area contributed by atoms with E-state index in [0.29, 0.717) is 19.6 Å². The molecule has 7 heteroatoms. The van der Waals surface area contributed by atoms with Crippen LogP contribution in [0.4, 0.5) is 4.39 Å². The molecular formula is C22H29FIN3O2. The molecule has 0 aromatic heterocycles. The third-order valence-electron chi connectivity index (χ3n) is 4.63. The van der Waals surface area contributed by atoms with Gasteiger partial charge in [-0.3, -0.25) is 4.99 Å². The first-order valence-corrected chi connectivity index (χ1v) is 9.63. The van der Waals surface area contributed by atoms with Crippen molar-refractivity contribution < 1.29 is 13.9 Å². The van der Waals surface area contributed by atoms with Crippen molar-refractivity contribution in [2.24, 2.45) is 4.99 Å². The average Bonchev–Trinajstić information content (AvgIpc) is 2.68. The van der Waals surface area contributed by atoms with Crippen LogP contribution in [0.25, 0.3) is 0 Å². The number of halogens is 2. The van der Waals surface area contributed by atoms with Crippen LogP contribution in [0.2, 0.25) is 0 Å². The number of hydrogen-bond donors (Lipinski definition) is 1. The maximum atomic E-state index is 13.9. The molecule has 0 spiro atoms. The van der Waals surface area contributed by atoms with Crippen LogP contribution in [-0.2, 0) is 24.3 Å².